The van der Waals surface area contributed by atoms with Crippen LogP contribution in [0.15, 0.2) is 18.3 Å². The summed E-state index contributed by atoms with van der Waals surface area (Å²) in [6, 6.07) is 0.799. The fraction of sp³-hybridized carbons (Fsp3) is 0.500. The number of hydrogen-bond acceptors (Lipinski definition) is 3. The molecule has 3 N–H and O–H groups in total. The van der Waals surface area contributed by atoms with Gasteiger partial charge in [-0.15, -0.1) is 0 Å². The van der Waals surface area contributed by atoms with Crippen molar-refractivity contribution in [3.05, 3.63) is 29.6 Å². The van der Waals surface area contributed by atoms with Crippen molar-refractivity contribution in [1.82, 2.24) is 10.4 Å². The number of alkyl halides is 6. The minimum Gasteiger partial charge on any atom is -0.271 e. The summed E-state index contributed by atoms with van der Waals surface area (Å²) in [5, 5.41) is 0. The Bertz CT molecular complexity index is 397. The molecule has 1 rings (SSSR count). The van der Waals surface area contributed by atoms with Crippen LogP contribution in [-0.2, 0) is 6.18 Å². The number of nitrogens with two attached hydrogens (primary N) is 1. The van der Waals surface area contributed by atoms with Gasteiger partial charge in [0.25, 0.3) is 0 Å². The van der Waals surface area contributed by atoms with Gasteiger partial charge in [-0.2, -0.15) is 26.3 Å². The molecule has 3 nitrogen and oxygen atoms in total. The molecule has 0 spiro atoms. The van der Waals surface area contributed by atoms with Gasteiger partial charge in [0.1, 0.15) is 0 Å². The highest BCUT2D eigenvalue weighted by Crippen LogP contribution is 2.30. The fourth-order valence-electron chi connectivity index (χ4n) is 1.40. The van der Waals surface area contributed by atoms with Crippen molar-refractivity contribution in [3.8, 4) is 0 Å². The number of nitrogens with one attached hydrogen (secondary N) is 1. The summed E-state index contributed by atoms with van der Waals surface area (Å²) in [7, 11) is 0. The topological polar surface area (TPSA) is 50.9 Å². The van der Waals surface area contributed by atoms with Gasteiger partial charge in [-0.25, -0.2) is 0 Å². The van der Waals surface area contributed by atoms with E-state index in [4.69, 9.17) is 5.84 Å². The highest BCUT2D eigenvalue weighted by Gasteiger charge is 2.32. The van der Waals surface area contributed by atoms with Gasteiger partial charge in [0.05, 0.1) is 17.3 Å². The largest absolute Gasteiger partial charge is 0.417 e. The van der Waals surface area contributed by atoms with E-state index in [9.17, 15) is 26.3 Å². The van der Waals surface area contributed by atoms with Gasteiger partial charge in [0.15, 0.2) is 0 Å². The lowest BCUT2D eigenvalue weighted by Crippen LogP contribution is -2.30. The second-order valence-corrected chi connectivity index (χ2v) is 3.84. The van der Waals surface area contributed by atoms with Crippen LogP contribution in [0.1, 0.15) is 30.1 Å². The molecule has 1 heterocycles. The van der Waals surface area contributed by atoms with Crippen LogP contribution in [0, 0.1) is 0 Å². The highest BCUT2D eigenvalue weighted by atomic mass is 19.4. The molecule has 9 heteroatoms. The standard InChI is InChI=1S/C10H11F6N3/c11-9(12,13)4-3-8(19-17)7-2-1-6(5-18-7)10(14,15)16/h1-2,5,8,19H,3-4,17H2. The molecule has 1 aromatic heterocycles. The lowest BCUT2D eigenvalue weighted by Gasteiger charge is -2.17. The second kappa shape index (κ2) is 5.74. The van der Waals surface area contributed by atoms with Crippen LogP contribution in [0.2, 0.25) is 0 Å². The third-order valence-corrected chi connectivity index (χ3v) is 2.39. The molecule has 108 valence electrons. The Hall–Kier alpha value is -1.35. The third-order valence-electron chi connectivity index (χ3n) is 2.39. The van der Waals surface area contributed by atoms with Crippen molar-refractivity contribution in [2.75, 3.05) is 0 Å². The number of hydrazine groups is 1. The summed E-state index contributed by atoms with van der Waals surface area (Å²) in [4.78, 5) is 3.49. The first-order chi connectivity index (χ1) is 8.63. The van der Waals surface area contributed by atoms with E-state index in [0.29, 0.717) is 6.20 Å². The minimum absolute atomic E-state index is 0.0275. The van der Waals surface area contributed by atoms with Gasteiger partial charge in [-0.3, -0.25) is 16.3 Å². The Balaban J connectivity index is 2.77. The molecule has 0 amide bonds. The summed E-state index contributed by atoms with van der Waals surface area (Å²) in [5.41, 5.74) is 1.16. The average molecular weight is 287 g/mol. The summed E-state index contributed by atoms with van der Waals surface area (Å²) < 4.78 is 73.0. The van der Waals surface area contributed by atoms with Crippen molar-refractivity contribution in [1.29, 1.82) is 0 Å². The lowest BCUT2D eigenvalue weighted by atomic mass is 10.1. The Morgan fingerprint density at radius 1 is 1.16 bits per heavy atom. The molecule has 1 aromatic rings. The number of hydrogen-bond donors (Lipinski definition) is 2. The minimum atomic E-state index is -4.54. The molecule has 0 fully saturated rings. The SMILES string of the molecule is NNC(CCC(F)(F)F)c1ccc(C(F)(F)F)cn1. The molecular formula is C10H11F6N3. The summed E-state index contributed by atoms with van der Waals surface area (Å²) in [6.45, 7) is 0. The van der Waals surface area contributed by atoms with Crippen molar-refractivity contribution >= 4 is 0 Å². The normalized spacial score (nSPS) is 14.5. The number of halogens is 6. The molecule has 0 saturated heterocycles. The predicted molar refractivity (Wildman–Crippen MR) is 54.6 cm³/mol. The first-order valence-electron chi connectivity index (χ1n) is 5.19. The zero-order valence-corrected chi connectivity index (χ0v) is 9.52. The average Bonchev–Trinajstić information content (AvgIpc) is 2.28. The zero-order chi connectivity index (χ0) is 14.7. The second-order valence-electron chi connectivity index (χ2n) is 3.84. The van der Waals surface area contributed by atoms with E-state index in [1.165, 1.54) is 0 Å². The van der Waals surface area contributed by atoms with Crippen molar-refractivity contribution in [2.24, 2.45) is 5.84 Å². The first-order valence-corrected chi connectivity index (χ1v) is 5.19. The van der Waals surface area contributed by atoms with Crippen LogP contribution < -0.4 is 11.3 Å². The molecular weight excluding hydrogens is 276 g/mol. The third kappa shape index (κ3) is 5.03. The van der Waals surface area contributed by atoms with Gasteiger partial charge in [0.2, 0.25) is 0 Å². The summed E-state index contributed by atoms with van der Waals surface area (Å²) >= 11 is 0. The predicted octanol–water partition coefficient (Wildman–Crippen LogP) is 2.95. The molecule has 0 radical (unpaired) electrons. The molecule has 0 aliphatic heterocycles. The van der Waals surface area contributed by atoms with E-state index < -0.39 is 36.8 Å². The Morgan fingerprint density at radius 2 is 1.79 bits per heavy atom. The molecule has 0 aromatic carbocycles. The van der Waals surface area contributed by atoms with Crippen LogP contribution in [0.25, 0.3) is 0 Å². The molecule has 0 aliphatic rings. The maximum Gasteiger partial charge on any atom is 0.417 e. The maximum absolute atomic E-state index is 12.3. The Labute approximate surface area is 104 Å². The molecule has 0 bridgehead atoms. The molecule has 1 unspecified atom stereocenters. The maximum atomic E-state index is 12.3. The van der Waals surface area contributed by atoms with Crippen LogP contribution in [0.5, 0.6) is 0 Å². The van der Waals surface area contributed by atoms with E-state index >= 15 is 0 Å². The quantitative estimate of drug-likeness (QED) is 0.508. The van der Waals surface area contributed by atoms with Gasteiger partial charge < -0.3 is 0 Å². The van der Waals surface area contributed by atoms with Crippen LogP contribution in [0.4, 0.5) is 26.3 Å². The van der Waals surface area contributed by atoms with Gasteiger partial charge in [-0.1, -0.05) is 0 Å². The van der Waals surface area contributed by atoms with E-state index in [0.717, 1.165) is 12.1 Å². The lowest BCUT2D eigenvalue weighted by molar-refractivity contribution is -0.138. The van der Waals surface area contributed by atoms with Gasteiger partial charge >= 0.3 is 12.4 Å². The molecule has 19 heavy (non-hydrogen) atoms. The van der Waals surface area contributed by atoms with Crippen LogP contribution in [0.3, 0.4) is 0 Å². The Morgan fingerprint density at radius 3 is 2.16 bits per heavy atom. The van der Waals surface area contributed by atoms with Crippen LogP contribution in [-0.4, -0.2) is 11.2 Å². The van der Waals surface area contributed by atoms with Gasteiger partial charge in [-0.05, 0) is 18.6 Å². The molecule has 0 saturated carbocycles. The number of rotatable bonds is 4. The van der Waals surface area contributed by atoms with E-state index in [-0.39, 0.29) is 5.69 Å². The van der Waals surface area contributed by atoms with Crippen LogP contribution >= 0.6 is 0 Å². The molecule has 1 atom stereocenters. The number of aromatic nitrogens is 1. The van der Waals surface area contributed by atoms with Gasteiger partial charge in [0, 0.05) is 12.6 Å². The Kier molecular flexibility index (Phi) is 4.75. The van der Waals surface area contributed by atoms with Crippen molar-refractivity contribution in [3.63, 3.8) is 0 Å². The van der Waals surface area contributed by atoms with E-state index in [2.05, 4.69) is 10.4 Å². The first kappa shape index (κ1) is 15.7. The fourth-order valence-corrected chi connectivity index (χ4v) is 1.40. The summed E-state index contributed by atoms with van der Waals surface area (Å²) in [6.07, 6.45) is -9.85. The van der Waals surface area contributed by atoms with E-state index in [1.54, 1.807) is 0 Å². The van der Waals surface area contributed by atoms with Crippen molar-refractivity contribution in [2.45, 2.75) is 31.2 Å². The number of pyridine rings is 1. The van der Waals surface area contributed by atoms with E-state index in [1.807, 2.05) is 0 Å². The van der Waals surface area contributed by atoms with Crippen molar-refractivity contribution < 1.29 is 26.3 Å². The number of nitrogens with zero attached hydrogens (tertiary/aromatic N) is 1. The smallest absolute Gasteiger partial charge is 0.271 e. The monoisotopic (exact) mass is 287 g/mol. The zero-order valence-electron chi connectivity index (χ0n) is 9.52. The highest BCUT2D eigenvalue weighted by molar-refractivity contribution is 5.18. The summed E-state index contributed by atoms with van der Waals surface area (Å²) in [5.74, 6) is 5.08. The molecule has 0 aliphatic carbocycles.